The summed E-state index contributed by atoms with van der Waals surface area (Å²) in [6, 6.07) is 1.71. The van der Waals surface area contributed by atoms with Crippen molar-refractivity contribution in [2.45, 2.75) is 26.2 Å². The highest BCUT2D eigenvalue weighted by Gasteiger charge is 2.35. The van der Waals surface area contributed by atoms with Crippen molar-refractivity contribution in [1.82, 2.24) is 5.16 Å². The van der Waals surface area contributed by atoms with E-state index in [1.165, 1.54) is 4.90 Å². The molecule has 0 radical (unpaired) electrons. The highest BCUT2D eigenvalue weighted by atomic mass is 35.7. The van der Waals surface area contributed by atoms with Gasteiger partial charge in [-0.25, -0.2) is 8.42 Å². The fourth-order valence-corrected chi connectivity index (χ4v) is 3.39. The lowest BCUT2D eigenvalue weighted by molar-refractivity contribution is -0.117. The molecule has 8 heteroatoms. The molecule has 0 spiro atoms. The van der Waals surface area contributed by atoms with E-state index in [0.29, 0.717) is 5.88 Å². The van der Waals surface area contributed by atoms with Crippen LogP contribution in [-0.4, -0.2) is 31.8 Å². The molecule has 1 fully saturated rings. The number of nitrogens with zero attached hydrogens (tertiary/aromatic N) is 2. The van der Waals surface area contributed by atoms with Crippen molar-refractivity contribution in [3.63, 3.8) is 0 Å². The van der Waals surface area contributed by atoms with Gasteiger partial charge in [0.2, 0.25) is 20.8 Å². The summed E-state index contributed by atoms with van der Waals surface area (Å²) in [6.45, 7) is 4.23. The highest BCUT2D eigenvalue weighted by Crippen LogP contribution is 2.28. The van der Waals surface area contributed by atoms with Gasteiger partial charge in [0.15, 0.2) is 0 Å². The molecule has 0 aliphatic carbocycles. The van der Waals surface area contributed by atoms with Gasteiger partial charge in [0.05, 0.1) is 11.4 Å². The number of anilines is 1. The molecule has 0 aromatic carbocycles. The maximum atomic E-state index is 11.9. The van der Waals surface area contributed by atoms with Crippen LogP contribution in [0.4, 0.5) is 5.88 Å². The van der Waals surface area contributed by atoms with E-state index in [0.717, 1.165) is 5.69 Å². The van der Waals surface area contributed by atoms with Crippen molar-refractivity contribution >= 4 is 31.5 Å². The van der Waals surface area contributed by atoms with Crippen LogP contribution in [0.2, 0.25) is 0 Å². The Hall–Kier alpha value is -1.08. The summed E-state index contributed by atoms with van der Waals surface area (Å²) >= 11 is 0. The Morgan fingerprint density at radius 3 is 2.79 bits per heavy atom. The molecule has 0 saturated carbocycles. The van der Waals surface area contributed by atoms with Crippen LogP contribution in [-0.2, 0) is 13.8 Å². The molecule has 2 heterocycles. The van der Waals surface area contributed by atoms with Gasteiger partial charge in [0.25, 0.3) is 0 Å². The molecule has 106 valence electrons. The Morgan fingerprint density at radius 2 is 2.26 bits per heavy atom. The monoisotopic (exact) mass is 306 g/mol. The zero-order valence-electron chi connectivity index (χ0n) is 10.7. The van der Waals surface area contributed by atoms with Crippen LogP contribution in [0.15, 0.2) is 10.6 Å². The molecule has 1 aromatic heterocycles. The van der Waals surface area contributed by atoms with Crippen molar-refractivity contribution in [3.8, 4) is 0 Å². The zero-order valence-corrected chi connectivity index (χ0v) is 12.2. The topological polar surface area (TPSA) is 80.5 Å². The molecule has 2 rings (SSSR count). The number of carbonyl (C=O) groups excluding carboxylic acids is 1. The average Bonchev–Trinajstić information content (AvgIpc) is 2.82. The summed E-state index contributed by atoms with van der Waals surface area (Å²) in [4.78, 5) is 13.3. The first kappa shape index (κ1) is 14.3. The van der Waals surface area contributed by atoms with E-state index in [2.05, 4.69) is 5.16 Å². The summed E-state index contributed by atoms with van der Waals surface area (Å²) in [5, 5.41) is 3.88. The Kier molecular flexibility index (Phi) is 3.87. The fourth-order valence-electron chi connectivity index (χ4n) is 2.07. The van der Waals surface area contributed by atoms with Crippen LogP contribution in [0.25, 0.3) is 0 Å². The highest BCUT2D eigenvalue weighted by molar-refractivity contribution is 8.13. The minimum atomic E-state index is -3.60. The van der Waals surface area contributed by atoms with Crippen molar-refractivity contribution in [2.75, 3.05) is 17.2 Å². The van der Waals surface area contributed by atoms with Gasteiger partial charge >= 0.3 is 0 Å². The molecule has 0 bridgehead atoms. The van der Waals surface area contributed by atoms with Gasteiger partial charge < -0.3 is 4.52 Å². The van der Waals surface area contributed by atoms with Crippen LogP contribution in [0.5, 0.6) is 0 Å². The predicted octanol–water partition coefficient (Wildman–Crippen LogP) is 1.72. The Morgan fingerprint density at radius 1 is 1.58 bits per heavy atom. The quantitative estimate of drug-likeness (QED) is 0.791. The predicted molar refractivity (Wildman–Crippen MR) is 70.7 cm³/mol. The normalized spacial score (nSPS) is 20.5. The number of hydrogen-bond acceptors (Lipinski definition) is 5. The van der Waals surface area contributed by atoms with E-state index in [1.807, 2.05) is 13.8 Å². The first-order valence-electron chi connectivity index (χ1n) is 5.95. The molecule has 1 unspecified atom stereocenters. The van der Waals surface area contributed by atoms with Gasteiger partial charge in [-0.05, 0) is 5.92 Å². The van der Waals surface area contributed by atoms with E-state index < -0.39 is 9.05 Å². The van der Waals surface area contributed by atoms with Crippen molar-refractivity contribution < 1.29 is 17.7 Å². The molecule has 0 N–H and O–H groups in total. The van der Waals surface area contributed by atoms with E-state index in [1.54, 1.807) is 6.07 Å². The van der Waals surface area contributed by atoms with Gasteiger partial charge in [-0.1, -0.05) is 19.0 Å². The number of rotatable bonds is 4. The lowest BCUT2D eigenvalue weighted by atomic mass is 10.1. The molecular formula is C11H15ClN2O4S. The van der Waals surface area contributed by atoms with Crippen LogP contribution in [0.1, 0.15) is 31.9 Å². The summed E-state index contributed by atoms with van der Waals surface area (Å²) in [6.07, 6.45) is 0.156. The first-order chi connectivity index (χ1) is 8.76. The second-order valence-corrected chi connectivity index (χ2v) is 7.85. The molecule has 1 saturated heterocycles. The maximum Gasteiger partial charge on any atom is 0.234 e. The Bertz CT molecular complexity index is 581. The largest absolute Gasteiger partial charge is 0.338 e. The van der Waals surface area contributed by atoms with Crippen LogP contribution >= 0.6 is 10.7 Å². The Labute approximate surface area is 116 Å². The van der Waals surface area contributed by atoms with Crippen molar-refractivity contribution in [1.29, 1.82) is 0 Å². The lowest BCUT2D eigenvalue weighted by Gasteiger charge is -2.11. The standard InChI is InChI=1S/C11H15ClN2O4S/c1-7(2)9-4-11(18-13-9)14-5-8(3-10(14)15)6-19(12,16)17/h4,7-8H,3,5-6H2,1-2H3. The van der Waals surface area contributed by atoms with Crippen LogP contribution < -0.4 is 4.90 Å². The third kappa shape index (κ3) is 3.48. The molecule has 1 aliphatic rings. The van der Waals surface area contributed by atoms with E-state index in [-0.39, 0.29) is 36.5 Å². The summed E-state index contributed by atoms with van der Waals surface area (Å²) < 4.78 is 27.2. The average molecular weight is 307 g/mol. The molecular weight excluding hydrogens is 292 g/mol. The van der Waals surface area contributed by atoms with Gasteiger partial charge in [0, 0.05) is 35.6 Å². The SMILES string of the molecule is CC(C)c1cc(N2CC(CS(=O)(=O)Cl)CC2=O)on1. The number of halogens is 1. The van der Waals surface area contributed by atoms with Gasteiger partial charge in [0.1, 0.15) is 0 Å². The molecule has 1 atom stereocenters. The number of hydrogen-bond donors (Lipinski definition) is 0. The molecule has 19 heavy (non-hydrogen) atoms. The molecule has 1 amide bonds. The smallest absolute Gasteiger partial charge is 0.234 e. The van der Waals surface area contributed by atoms with E-state index in [9.17, 15) is 13.2 Å². The van der Waals surface area contributed by atoms with Gasteiger partial charge in [-0.2, -0.15) is 0 Å². The van der Waals surface area contributed by atoms with E-state index >= 15 is 0 Å². The van der Waals surface area contributed by atoms with Crippen LogP contribution in [0.3, 0.4) is 0 Å². The third-order valence-corrected chi connectivity index (χ3v) is 4.26. The number of amides is 1. The summed E-state index contributed by atoms with van der Waals surface area (Å²) in [7, 11) is 1.61. The fraction of sp³-hybridized carbons (Fsp3) is 0.636. The van der Waals surface area contributed by atoms with Crippen LogP contribution in [0, 0.1) is 5.92 Å². The number of aromatic nitrogens is 1. The molecule has 1 aromatic rings. The second kappa shape index (κ2) is 5.13. The van der Waals surface area contributed by atoms with Gasteiger partial charge in [-0.3, -0.25) is 9.69 Å². The minimum absolute atomic E-state index is 0.156. The Balaban J connectivity index is 2.11. The lowest BCUT2D eigenvalue weighted by Crippen LogP contribution is -2.24. The summed E-state index contributed by atoms with van der Waals surface area (Å²) in [5.41, 5.74) is 0.760. The van der Waals surface area contributed by atoms with Crippen molar-refractivity contribution in [2.24, 2.45) is 5.92 Å². The molecule has 1 aliphatic heterocycles. The van der Waals surface area contributed by atoms with Gasteiger partial charge in [-0.15, -0.1) is 0 Å². The third-order valence-electron chi connectivity index (χ3n) is 3.01. The second-order valence-electron chi connectivity index (χ2n) is 5.02. The zero-order chi connectivity index (χ0) is 14.2. The minimum Gasteiger partial charge on any atom is -0.338 e. The molecule has 6 nitrogen and oxygen atoms in total. The van der Waals surface area contributed by atoms with E-state index in [4.69, 9.17) is 15.2 Å². The number of carbonyl (C=O) groups is 1. The maximum absolute atomic E-state index is 11.9. The first-order valence-corrected chi connectivity index (χ1v) is 8.43. The summed E-state index contributed by atoms with van der Waals surface area (Å²) in [5.74, 6) is -0.112. The van der Waals surface area contributed by atoms with Crippen molar-refractivity contribution in [3.05, 3.63) is 11.8 Å².